The van der Waals surface area contributed by atoms with Crippen LogP contribution in [0.4, 0.5) is 5.95 Å². The minimum atomic E-state index is 0.640. The fourth-order valence-corrected chi connectivity index (χ4v) is 2.31. The number of nitrogens with zero attached hydrogens (tertiary/aromatic N) is 6. The van der Waals surface area contributed by atoms with Gasteiger partial charge in [-0.25, -0.2) is 15.0 Å². The number of rotatable bonds is 5. The van der Waals surface area contributed by atoms with E-state index in [2.05, 4.69) is 32.3 Å². The maximum atomic E-state index is 4.43. The van der Waals surface area contributed by atoms with E-state index >= 15 is 0 Å². The molecular weight excluding hydrogens is 278 g/mol. The highest BCUT2D eigenvalue weighted by atomic mass is 15.3. The van der Waals surface area contributed by atoms with Gasteiger partial charge in [0.05, 0.1) is 16.9 Å². The van der Waals surface area contributed by atoms with Crippen LogP contribution in [-0.4, -0.2) is 35.8 Å². The Morgan fingerprint density at radius 1 is 1.18 bits per heavy atom. The van der Waals surface area contributed by atoms with Crippen LogP contribution in [0.15, 0.2) is 31.0 Å². The molecule has 0 amide bonds. The Kier molecular flexibility index (Phi) is 3.86. The molecule has 3 aromatic heterocycles. The van der Waals surface area contributed by atoms with Gasteiger partial charge in [0.1, 0.15) is 5.82 Å². The minimum Gasteiger partial charge on any atom is -0.354 e. The topological polar surface area (TPSA) is 73.5 Å². The van der Waals surface area contributed by atoms with Gasteiger partial charge >= 0.3 is 0 Å². The molecule has 1 N–H and O–H groups in total. The minimum absolute atomic E-state index is 0.640. The number of aryl methyl sites for hydroxylation is 2. The van der Waals surface area contributed by atoms with Gasteiger partial charge < -0.3 is 5.32 Å². The van der Waals surface area contributed by atoms with Gasteiger partial charge in [0.15, 0.2) is 0 Å². The summed E-state index contributed by atoms with van der Waals surface area (Å²) >= 11 is 0. The zero-order valence-electron chi connectivity index (χ0n) is 13.0. The van der Waals surface area contributed by atoms with Crippen molar-refractivity contribution < 1.29 is 0 Å². The smallest absolute Gasteiger partial charge is 0.222 e. The van der Waals surface area contributed by atoms with Crippen molar-refractivity contribution in [1.29, 1.82) is 0 Å². The van der Waals surface area contributed by atoms with E-state index < -0.39 is 0 Å². The van der Waals surface area contributed by atoms with E-state index in [1.165, 1.54) is 0 Å². The van der Waals surface area contributed by atoms with Crippen LogP contribution < -0.4 is 5.32 Å². The number of imidazole rings is 1. The molecule has 7 nitrogen and oxygen atoms in total. The van der Waals surface area contributed by atoms with Gasteiger partial charge in [0.2, 0.25) is 5.95 Å². The summed E-state index contributed by atoms with van der Waals surface area (Å²) in [7, 11) is 1.91. The van der Waals surface area contributed by atoms with Gasteiger partial charge in [-0.2, -0.15) is 5.10 Å². The number of nitrogens with one attached hydrogen (secondary N) is 1. The van der Waals surface area contributed by atoms with Gasteiger partial charge in [0.25, 0.3) is 0 Å². The van der Waals surface area contributed by atoms with Crippen molar-refractivity contribution in [2.45, 2.75) is 20.3 Å². The molecule has 3 aromatic rings. The van der Waals surface area contributed by atoms with E-state index in [1.807, 2.05) is 30.9 Å². The van der Waals surface area contributed by atoms with Crippen LogP contribution in [0.1, 0.15) is 19.0 Å². The summed E-state index contributed by atoms with van der Waals surface area (Å²) in [6.45, 7) is 4.95. The van der Waals surface area contributed by atoms with Crippen LogP contribution in [-0.2, 0) is 7.05 Å². The lowest BCUT2D eigenvalue weighted by Crippen LogP contribution is -2.04. The molecule has 0 aliphatic carbocycles. The third-order valence-corrected chi connectivity index (χ3v) is 3.33. The maximum absolute atomic E-state index is 4.43. The molecule has 114 valence electrons. The van der Waals surface area contributed by atoms with Crippen molar-refractivity contribution in [2.75, 3.05) is 11.9 Å². The summed E-state index contributed by atoms with van der Waals surface area (Å²) in [6.07, 6.45) is 10.3. The molecule has 0 aromatic carbocycles. The Hall–Kier alpha value is -2.70. The Morgan fingerprint density at radius 3 is 2.59 bits per heavy atom. The SMILES string of the molecule is CCCNc1ncc(-c2nccn2-c2cn(C)nc2C)cn1. The second-order valence-corrected chi connectivity index (χ2v) is 5.12. The van der Waals surface area contributed by atoms with E-state index in [9.17, 15) is 0 Å². The second-order valence-electron chi connectivity index (χ2n) is 5.12. The predicted molar refractivity (Wildman–Crippen MR) is 84.9 cm³/mol. The van der Waals surface area contributed by atoms with E-state index in [-0.39, 0.29) is 0 Å². The highest BCUT2D eigenvalue weighted by molar-refractivity contribution is 5.57. The number of hydrogen-bond donors (Lipinski definition) is 1. The monoisotopic (exact) mass is 297 g/mol. The molecule has 3 heterocycles. The van der Waals surface area contributed by atoms with E-state index in [0.29, 0.717) is 5.95 Å². The highest BCUT2D eigenvalue weighted by Crippen LogP contribution is 2.22. The average molecular weight is 297 g/mol. The summed E-state index contributed by atoms with van der Waals surface area (Å²) in [5, 5.41) is 7.54. The third-order valence-electron chi connectivity index (χ3n) is 3.33. The second kappa shape index (κ2) is 5.97. The summed E-state index contributed by atoms with van der Waals surface area (Å²) in [4.78, 5) is 13.1. The molecule has 0 atom stereocenters. The number of anilines is 1. The fraction of sp³-hybridized carbons (Fsp3) is 0.333. The Morgan fingerprint density at radius 2 is 1.95 bits per heavy atom. The third kappa shape index (κ3) is 2.69. The first-order valence-corrected chi connectivity index (χ1v) is 7.29. The summed E-state index contributed by atoms with van der Waals surface area (Å²) in [6, 6.07) is 0. The van der Waals surface area contributed by atoms with E-state index in [4.69, 9.17) is 0 Å². The molecule has 0 unspecified atom stereocenters. The largest absolute Gasteiger partial charge is 0.354 e. The van der Waals surface area contributed by atoms with Crippen LogP contribution in [0.3, 0.4) is 0 Å². The van der Waals surface area contributed by atoms with Crippen LogP contribution >= 0.6 is 0 Å². The van der Waals surface area contributed by atoms with E-state index in [0.717, 1.165) is 35.7 Å². The van der Waals surface area contributed by atoms with Gasteiger partial charge in [-0.1, -0.05) is 6.92 Å². The summed E-state index contributed by atoms with van der Waals surface area (Å²) in [5.74, 6) is 1.44. The van der Waals surface area contributed by atoms with Crippen molar-refractivity contribution in [3.8, 4) is 17.1 Å². The molecule has 0 fully saturated rings. The maximum Gasteiger partial charge on any atom is 0.222 e. The summed E-state index contributed by atoms with van der Waals surface area (Å²) < 4.78 is 3.79. The van der Waals surface area contributed by atoms with Crippen molar-refractivity contribution >= 4 is 5.95 Å². The molecule has 3 rings (SSSR count). The first kappa shape index (κ1) is 14.2. The van der Waals surface area contributed by atoms with Crippen LogP contribution in [0.2, 0.25) is 0 Å². The molecular formula is C15H19N7. The molecule has 0 saturated carbocycles. The zero-order valence-corrected chi connectivity index (χ0v) is 13.0. The Labute approximate surface area is 129 Å². The molecule has 0 spiro atoms. The van der Waals surface area contributed by atoms with E-state index in [1.54, 1.807) is 23.3 Å². The lowest BCUT2D eigenvalue weighted by atomic mass is 10.3. The normalized spacial score (nSPS) is 10.9. The molecule has 22 heavy (non-hydrogen) atoms. The molecule has 7 heteroatoms. The lowest BCUT2D eigenvalue weighted by Gasteiger charge is -2.07. The van der Waals surface area contributed by atoms with Crippen molar-refractivity contribution in [1.82, 2.24) is 29.3 Å². The van der Waals surface area contributed by atoms with Crippen LogP contribution in [0, 0.1) is 6.92 Å². The average Bonchev–Trinajstić information content (AvgIpc) is 3.11. The van der Waals surface area contributed by atoms with Gasteiger partial charge in [-0.05, 0) is 13.3 Å². The van der Waals surface area contributed by atoms with Crippen LogP contribution in [0.25, 0.3) is 17.1 Å². The number of hydrogen-bond acceptors (Lipinski definition) is 5. The molecule has 0 saturated heterocycles. The van der Waals surface area contributed by atoms with Gasteiger partial charge in [-0.3, -0.25) is 9.25 Å². The quantitative estimate of drug-likeness (QED) is 0.781. The molecule has 0 radical (unpaired) electrons. The van der Waals surface area contributed by atoms with Crippen molar-refractivity contribution in [3.05, 3.63) is 36.7 Å². The molecule has 0 bridgehead atoms. The molecule has 0 aliphatic heterocycles. The summed E-state index contributed by atoms with van der Waals surface area (Å²) in [5.41, 5.74) is 2.82. The lowest BCUT2D eigenvalue weighted by molar-refractivity contribution is 0.756. The Bertz CT molecular complexity index is 755. The number of aromatic nitrogens is 6. The van der Waals surface area contributed by atoms with Crippen molar-refractivity contribution in [2.24, 2.45) is 7.05 Å². The zero-order chi connectivity index (χ0) is 15.5. The van der Waals surface area contributed by atoms with Crippen LogP contribution in [0.5, 0.6) is 0 Å². The Balaban J connectivity index is 1.93. The first-order valence-electron chi connectivity index (χ1n) is 7.29. The predicted octanol–water partition coefficient (Wildman–Crippen LogP) is 2.19. The van der Waals surface area contributed by atoms with Gasteiger partial charge in [0, 0.05) is 44.6 Å². The standard InChI is InChI=1S/C15H19N7/c1-4-5-17-15-18-8-12(9-19-15)14-16-6-7-22(14)13-10-21(3)20-11(13)2/h6-10H,4-5H2,1-3H3,(H,17,18,19). The molecule has 0 aliphatic rings. The van der Waals surface area contributed by atoms with Crippen molar-refractivity contribution in [3.63, 3.8) is 0 Å². The fourth-order valence-electron chi connectivity index (χ4n) is 2.31. The van der Waals surface area contributed by atoms with Gasteiger partial charge in [-0.15, -0.1) is 0 Å². The first-order chi connectivity index (χ1) is 10.7. The highest BCUT2D eigenvalue weighted by Gasteiger charge is 2.12.